The van der Waals surface area contributed by atoms with E-state index in [1.54, 1.807) is 0 Å². The smallest absolute Gasteiger partial charge is 0.0499 e. The van der Waals surface area contributed by atoms with Gasteiger partial charge in [-0.15, -0.1) is 45.3 Å². The standard InChI is InChI=1S/C112H150N4S4/c1-7-13-19-25-29-33-37-41-45-51-73-113-99-77-85(107-67-61-89(117-107)55-49-23-17-11-5)57-63-91(99)95-81-105-97(83-103(95)113)93-65-59-87(79-101(93)115(105)75-53-47-43-39-35-31-27-21-15-9-3)109-69-71-111(119-109)112-72-70-110(120-112)88-60-66-94-98-84-104-96(82-106(98)116(102(94)80-88)76-54-48-44-40-36-32-28-22-16-10-4)92-64-58-86(108-68-62-90(118-108)56-50-24-18-12-6)78-100(92)114(104)74-52-46-42-38-34-30-26-20-14-8-2/h57-72,77-84H,7-56,73-76H2,1-6H3. The Bertz CT molecular complexity index is 5090. The van der Waals surface area contributed by atoms with Crippen LogP contribution in [0.4, 0.5) is 0 Å². The number of rotatable bonds is 59. The molecule has 8 heterocycles. The molecule has 642 valence electrons. The van der Waals surface area contributed by atoms with E-state index in [2.05, 4.69) is 205 Å². The molecule has 0 N–H and O–H groups in total. The first-order chi connectivity index (χ1) is 59.4. The van der Waals surface area contributed by atoms with Crippen molar-refractivity contribution in [3.63, 3.8) is 0 Å². The van der Waals surface area contributed by atoms with E-state index in [1.165, 1.54) is 470 Å². The molecule has 6 aromatic carbocycles. The molecule has 0 aliphatic rings. The first-order valence-corrected chi connectivity index (χ1v) is 53.1. The minimum absolute atomic E-state index is 1.04. The molecule has 8 heteroatoms. The maximum Gasteiger partial charge on any atom is 0.0499 e. The summed E-state index contributed by atoms with van der Waals surface area (Å²) in [4.78, 5) is 11.3. The fourth-order valence-electron chi connectivity index (χ4n) is 20.0. The Labute approximate surface area is 740 Å². The van der Waals surface area contributed by atoms with E-state index in [1.807, 2.05) is 45.3 Å². The second kappa shape index (κ2) is 47.4. The van der Waals surface area contributed by atoms with Gasteiger partial charge in [-0.3, -0.25) is 0 Å². The van der Waals surface area contributed by atoms with Crippen molar-refractivity contribution >= 4 is 133 Å². The Kier molecular flexibility index (Phi) is 35.4. The number of unbranched alkanes of at least 4 members (excludes halogenated alkanes) is 42. The highest BCUT2D eigenvalue weighted by Gasteiger charge is 2.23. The molecule has 0 bridgehead atoms. The zero-order valence-corrected chi connectivity index (χ0v) is 78.7. The van der Waals surface area contributed by atoms with Crippen LogP contribution < -0.4 is 0 Å². The van der Waals surface area contributed by atoms with Crippen LogP contribution in [0.25, 0.3) is 139 Å². The molecular weight excluding hydrogens is 1530 g/mol. The Morgan fingerprint density at radius 3 is 0.600 bits per heavy atom. The third-order valence-electron chi connectivity index (χ3n) is 27.1. The molecule has 0 amide bonds. The highest BCUT2D eigenvalue weighted by molar-refractivity contribution is 7.25. The van der Waals surface area contributed by atoms with Crippen LogP contribution >= 0.6 is 45.3 Å². The summed E-state index contributed by atoms with van der Waals surface area (Å²) in [6.07, 6.45) is 66.8. The van der Waals surface area contributed by atoms with Gasteiger partial charge in [-0.25, -0.2) is 0 Å². The van der Waals surface area contributed by atoms with Gasteiger partial charge in [0.15, 0.2) is 0 Å². The Morgan fingerprint density at radius 1 is 0.167 bits per heavy atom. The molecule has 0 aliphatic carbocycles. The average molecular weight is 1680 g/mol. The number of aromatic nitrogens is 4. The fraction of sp³-hybridized carbons (Fsp3) is 0.536. The summed E-state index contributed by atoms with van der Waals surface area (Å²) in [6, 6.07) is 59.9. The molecule has 0 unspecified atom stereocenters. The monoisotopic (exact) mass is 1680 g/mol. The summed E-state index contributed by atoms with van der Waals surface area (Å²) in [5.41, 5.74) is 16.6. The second-order valence-electron chi connectivity index (χ2n) is 36.5. The van der Waals surface area contributed by atoms with Gasteiger partial charge in [-0.1, -0.05) is 360 Å². The number of aryl methyl sites for hydroxylation is 6. The summed E-state index contributed by atoms with van der Waals surface area (Å²) in [6.45, 7) is 18.2. The molecule has 14 rings (SSSR count). The highest BCUT2D eigenvalue weighted by Crippen LogP contribution is 2.47. The van der Waals surface area contributed by atoms with Crippen molar-refractivity contribution in [2.24, 2.45) is 0 Å². The van der Waals surface area contributed by atoms with Crippen molar-refractivity contribution in [1.82, 2.24) is 18.3 Å². The van der Waals surface area contributed by atoms with E-state index >= 15 is 0 Å². The van der Waals surface area contributed by atoms with Crippen LogP contribution in [0, 0.1) is 0 Å². The first kappa shape index (κ1) is 89.6. The van der Waals surface area contributed by atoms with E-state index in [0.717, 1.165) is 26.2 Å². The number of thiophene rings is 4. The summed E-state index contributed by atoms with van der Waals surface area (Å²) >= 11 is 7.99. The van der Waals surface area contributed by atoms with E-state index < -0.39 is 0 Å². The van der Waals surface area contributed by atoms with Crippen molar-refractivity contribution < 1.29 is 0 Å². The molecule has 0 radical (unpaired) electrons. The summed E-state index contributed by atoms with van der Waals surface area (Å²) in [7, 11) is 0. The topological polar surface area (TPSA) is 19.7 Å². The molecule has 120 heavy (non-hydrogen) atoms. The average Bonchev–Trinajstić information content (AvgIpc) is 1.57. The third kappa shape index (κ3) is 23.3. The zero-order chi connectivity index (χ0) is 82.5. The van der Waals surface area contributed by atoms with Crippen LogP contribution in [-0.4, -0.2) is 18.3 Å². The quantitative estimate of drug-likeness (QED) is 0.0339. The van der Waals surface area contributed by atoms with Crippen molar-refractivity contribution in [3.05, 3.63) is 155 Å². The van der Waals surface area contributed by atoms with Gasteiger partial charge >= 0.3 is 0 Å². The largest absolute Gasteiger partial charge is 0.340 e. The molecule has 4 nitrogen and oxygen atoms in total. The van der Waals surface area contributed by atoms with Crippen LogP contribution in [-0.2, 0) is 39.0 Å². The number of fused-ring (bicyclic) bond motifs is 12. The molecule has 14 aromatic rings. The predicted molar refractivity (Wildman–Crippen MR) is 540 cm³/mol. The highest BCUT2D eigenvalue weighted by atomic mass is 32.1. The number of benzene rings is 6. The molecule has 0 spiro atoms. The minimum Gasteiger partial charge on any atom is -0.340 e. The summed E-state index contributed by atoms with van der Waals surface area (Å²) in [5, 5.41) is 11.2. The molecule has 0 atom stereocenters. The van der Waals surface area contributed by atoms with Crippen LogP contribution in [0.15, 0.2) is 146 Å². The number of hydrogen-bond acceptors (Lipinski definition) is 4. The lowest BCUT2D eigenvalue weighted by Crippen LogP contribution is -1.99. The second-order valence-corrected chi connectivity index (χ2v) is 41.0. The zero-order valence-electron chi connectivity index (χ0n) is 75.5. The fourth-order valence-corrected chi connectivity index (χ4v) is 24.2. The van der Waals surface area contributed by atoms with Crippen LogP contribution in [0.1, 0.15) is 359 Å². The summed E-state index contributed by atoms with van der Waals surface area (Å²) < 4.78 is 11.0. The van der Waals surface area contributed by atoms with Crippen molar-refractivity contribution in [2.75, 3.05) is 0 Å². The summed E-state index contributed by atoms with van der Waals surface area (Å²) in [5.74, 6) is 0. The predicted octanol–water partition coefficient (Wildman–Crippen LogP) is 38.6. The number of nitrogens with zero attached hydrogens (tertiary/aromatic N) is 4. The Morgan fingerprint density at radius 2 is 0.358 bits per heavy atom. The van der Waals surface area contributed by atoms with Gasteiger partial charge in [-0.05, 0) is 171 Å². The lowest BCUT2D eigenvalue weighted by Gasteiger charge is -2.10. The molecule has 8 aromatic heterocycles. The van der Waals surface area contributed by atoms with Crippen molar-refractivity contribution in [2.45, 2.75) is 389 Å². The van der Waals surface area contributed by atoms with Gasteiger partial charge in [0.25, 0.3) is 0 Å². The minimum atomic E-state index is 1.04. The van der Waals surface area contributed by atoms with Gasteiger partial charge in [0.1, 0.15) is 0 Å². The van der Waals surface area contributed by atoms with Gasteiger partial charge in [0, 0.05) is 152 Å². The van der Waals surface area contributed by atoms with Gasteiger partial charge < -0.3 is 18.3 Å². The lowest BCUT2D eigenvalue weighted by molar-refractivity contribution is 0.541. The van der Waals surface area contributed by atoms with Crippen molar-refractivity contribution in [3.8, 4) is 51.5 Å². The molecule has 0 aliphatic heterocycles. The van der Waals surface area contributed by atoms with Crippen molar-refractivity contribution in [1.29, 1.82) is 0 Å². The van der Waals surface area contributed by atoms with E-state index in [0.29, 0.717) is 0 Å². The molecule has 0 fully saturated rings. The normalized spacial score (nSPS) is 12.2. The molecular formula is C112H150N4S4. The third-order valence-corrected chi connectivity index (χ3v) is 32.0. The van der Waals surface area contributed by atoms with Gasteiger partial charge in [0.2, 0.25) is 0 Å². The first-order valence-electron chi connectivity index (χ1n) is 49.8. The number of hydrogen-bond donors (Lipinski definition) is 0. The molecule has 0 saturated heterocycles. The lowest BCUT2D eigenvalue weighted by atomic mass is 10.1. The van der Waals surface area contributed by atoms with E-state index in [4.69, 9.17) is 0 Å². The molecule has 0 saturated carbocycles. The maximum absolute atomic E-state index is 2.76. The van der Waals surface area contributed by atoms with Crippen LogP contribution in [0.3, 0.4) is 0 Å². The SMILES string of the molecule is CCCCCCCCCCCCn1c2cc(-c3ccc(CCCCCC)s3)ccc2c2cc3c(cc21)c1ccc(-c2ccc(-c4ccc(-c5ccc6c7cc8c(cc7n(CCCCCCCCCCCC)c6c5)c5ccc(-c6ccc(CCCCCC)s6)cc5n8CCCCCCCCCCCC)s4)s2)cc1n3CCCCCCCCCCCC. The Hall–Kier alpha value is -6.68. The van der Waals surface area contributed by atoms with E-state index in [9.17, 15) is 0 Å². The van der Waals surface area contributed by atoms with E-state index in [-0.39, 0.29) is 0 Å². The van der Waals surface area contributed by atoms with Gasteiger partial charge in [0.05, 0.1) is 0 Å². The maximum atomic E-state index is 2.76. The Balaban J connectivity index is 0.768. The van der Waals surface area contributed by atoms with Crippen LogP contribution in [0.5, 0.6) is 0 Å². The van der Waals surface area contributed by atoms with Gasteiger partial charge in [-0.2, -0.15) is 0 Å². The van der Waals surface area contributed by atoms with Crippen LogP contribution in [0.2, 0.25) is 0 Å².